The summed E-state index contributed by atoms with van der Waals surface area (Å²) in [5.74, 6) is 0. The number of hydrogen-bond acceptors (Lipinski definition) is 2. The summed E-state index contributed by atoms with van der Waals surface area (Å²) in [6, 6.07) is 7.86. The van der Waals surface area contributed by atoms with Crippen molar-refractivity contribution in [2.75, 3.05) is 11.9 Å². The van der Waals surface area contributed by atoms with E-state index < -0.39 is 15.2 Å². The van der Waals surface area contributed by atoms with Crippen LogP contribution in [0.4, 0.5) is 5.69 Å². The Morgan fingerprint density at radius 1 is 1.24 bits per heavy atom. The maximum Gasteiger partial charge on any atom is -1.00 e. The minimum atomic E-state index is -1.43. The molecule has 0 radical (unpaired) electrons. The van der Waals surface area contributed by atoms with Gasteiger partial charge in [0.25, 0.3) is 0 Å². The van der Waals surface area contributed by atoms with Crippen LogP contribution >= 0.6 is 0 Å². The van der Waals surface area contributed by atoms with Gasteiger partial charge in [-0.3, -0.25) is 0 Å². The second-order valence-corrected chi connectivity index (χ2v) is 24.9. The van der Waals surface area contributed by atoms with Gasteiger partial charge in [0.05, 0.1) is 0 Å². The third kappa shape index (κ3) is 3.66. The van der Waals surface area contributed by atoms with E-state index in [4.69, 9.17) is 0 Å². The molecule has 1 heterocycles. The molecule has 2 aliphatic rings. The minimum absolute atomic E-state index is 0. The zero-order valence-corrected chi connectivity index (χ0v) is 21.9. The first-order valence-corrected chi connectivity index (χ1v) is 16.7. The van der Waals surface area contributed by atoms with E-state index in [1.165, 1.54) is 5.69 Å². The summed E-state index contributed by atoms with van der Waals surface area (Å²) in [6.07, 6.45) is 0. The molecule has 0 amide bonds. The van der Waals surface area contributed by atoms with Crippen LogP contribution in [0.1, 0.15) is 35.5 Å². The molecule has 0 fully saturated rings. The van der Waals surface area contributed by atoms with Gasteiger partial charge in [-0.05, 0) is 0 Å². The van der Waals surface area contributed by atoms with E-state index in [1.807, 2.05) is 5.20 Å². The number of aliphatic hydroxyl groups is 1. The number of allylic oxidation sites excluding steroid dienone is 1. The quantitative estimate of drug-likeness (QED) is 0.487. The van der Waals surface area contributed by atoms with Crippen molar-refractivity contribution in [2.24, 2.45) is 0 Å². The third-order valence-electron chi connectivity index (χ3n) is 5.79. The zero-order chi connectivity index (χ0) is 17.2. The van der Waals surface area contributed by atoms with Gasteiger partial charge in [0.15, 0.2) is 0 Å². The van der Waals surface area contributed by atoms with E-state index in [2.05, 4.69) is 63.9 Å². The third-order valence-corrected chi connectivity index (χ3v) is 25.5. The first-order chi connectivity index (χ1) is 10.5. The zero-order valence-electron chi connectivity index (χ0n) is 15.9. The SMILES string of the molecule is CC(C)(C)Nc1cccc2c1C1=C([CH]2[Zr+2])[Si]1(C)[Si](C)(C)CCO.[Cl-].[Cl-]. The molecule has 0 aromatic heterocycles. The Labute approximate surface area is 181 Å². The molecule has 1 aromatic carbocycles. The summed E-state index contributed by atoms with van der Waals surface area (Å²) >= 11 is 1.63. The van der Waals surface area contributed by atoms with Crippen LogP contribution in [0, 0.1) is 0 Å². The Bertz CT molecular complexity index is 703. The fraction of sp³-hybridized carbons (Fsp3) is 0.556. The van der Waals surface area contributed by atoms with E-state index in [-0.39, 0.29) is 30.4 Å². The molecule has 2 atom stereocenters. The first kappa shape index (κ1) is 23.7. The van der Waals surface area contributed by atoms with Gasteiger partial charge >= 0.3 is 158 Å². The number of anilines is 1. The maximum absolute atomic E-state index is 9.56. The van der Waals surface area contributed by atoms with Crippen molar-refractivity contribution in [1.82, 2.24) is 0 Å². The van der Waals surface area contributed by atoms with Crippen LogP contribution in [0.2, 0.25) is 25.7 Å². The van der Waals surface area contributed by atoms with E-state index >= 15 is 0 Å². The van der Waals surface area contributed by atoms with Crippen molar-refractivity contribution >= 4 is 26.1 Å². The van der Waals surface area contributed by atoms with Gasteiger partial charge in [-0.25, -0.2) is 0 Å². The molecule has 1 aromatic rings. The molecule has 7 heteroatoms. The summed E-state index contributed by atoms with van der Waals surface area (Å²) in [5, 5.41) is 16.9. The molecule has 3 rings (SSSR count). The number of halogens is 2. The van der Waals surface area contributed by atoms with Gasteiger partial charge in [-0.2, -0.15) is 0 Å². The molecule has 0 saturated heterocycles. The Kier molecular flexibility index (Phi) is 7.15. The first-order valence-electron chi connectivity index (χ1n) is 8.53. The second-order valence-electron chi connectivity index (χ2n) is 8.85. The Hall–Kier alpha value is 0.617. The number of rotatable bonds is 4. The molecular weight excluding hydrogens is 465 g/mol. The number of hydrogen-bond donors (Lipinski definition) is 2. The molecule has 2 unspecified atom stereocenters. The van der Waals surface area contributed by atoms with Crippen LogP contribution in [-0.2, 0) is 24.7 Å². The monoisotopic (exact) mass is 490 g/mol. The summed E-state index contributed by atoms with van der Waals surface area (Å²) in [5.41, 5.74) is 4.52. The summed E-state index contributed by atoms with van der Waals surface area (Å²) in [4.78, 5) is 0. The fourth-order valence-corrected chi connectivity index (χ4v) is 22.1. The number of aliphatic hydroxyl groups excluding tert-OH is 1. The molecule has 25 heavy (non-hydrogen) atoms. The molecule has 2 nitrogen and oxygen atoms in total. The molecule has 1 aliphatic carbocycles. The largest absolute Gasteiger partial charge is 1.00 e. The topological polar surface area (TPSA) is 32.3 Å². The second kappa shape index (κ2) is 7.56. The van der Waals surface area contributed by atoms with Crippen molar-refractivity contribution in [3.63, 3.8) is 0 Å². The smallest absolute Gasteiger partial charge is 1.00 e. The van der Waals surface area contributed by atoms with Gasteiger partial charge in [0.1, 0.15) is 0 Å². The molecule has 0 bridgehead atoms. The van der Waals surface area contributed by atoms with Gasteiger partial charge in [0.2, 0.25) is 0 Å². The number of nitrogens with one attached hydrogen (secondary N) is 1. The van der Waals surface area contributed by atoms with Crippen LogP contribution < -0.4 is 30.1 Å². The average Bonchev–Trinajstić information content (AvgIpc) is 2.91. The van der Waals surface area contributed by atoms with Crippen molar-refractivity contribution < 1.29 is 54.6 Å². The molecule has 0 saturated carbocycles. The maximum atomic E-state index is 9.56. The molecule has 2 N–H and O–H groups in total. The Morgan fingerprint density at radius 2 is 1.84 bits per heavy atom. The van der Waals surface area contributed by atoms with Crippen molar-refractivity contribution in [1.29, 1.82) is 0 Å². The summed E-state index contributed by atoms with van der Waals surface area (Å²) in [6.45, 7) is 14.7. The Morgan fingerprint density at radius 3 is 2.36 bits per heavy atom. The van der Waals surface area contributed by atoms with E-state index in [1.54, 1.807) is 41.0 Å². The minimum Gasteiger partial charge on any atom is -1.00 e. The molecule has 137 valence electrons. The van der Waals surface area contributed by atoms with Gasteiger partial charge in [-0.1, -0.05) is 0 Å². The molecule has 1 aliphatic heterocycles. The van der Waals surface area contributed by atoms with Gasteiger partial charge in [-0.15, -0.1) is 0 Å². The predicted molar refractivity (Wildman–Crippen MR) is 100 cm³/mol. The molecular formula is C18H28Cl2NOSi2Zr. The summed E-state index contributed by atoms with van der Waals surface area (Å²) in [7, 11) is -2.81. The van der Waals surface area contributed by atoms with E-state index in [9.17, 15) is 5.11 Å². The average molecular weight is 493 g/mol. The van der Waals surface area contributed by atoms with E-state index in [0.29, 0.717) is 10.2 Å². The molecule has 0 spiro atoms. The van der Waals surface area contributed by atoms with Crippen LogP contribution in [0.5, 0.6) is 0 Å². The van der Waals surface area contributed by atoms with Crippen molar-refractivity contribution in [3.8, 4) is 0 Å². The fourth-order valence-electron chi connectivity index (χ4n) is 4.20. The van der Waals surface area contributed by atoms with E-state index in [0.717, 1.165) is 6.04 Å². The van der Waals surface area contributed by atoms with Crippen molar-refractivity contribution in [3.05, 3.63) is 34.5 Å². The van der Waals surface area contributed by atoms with Crippen LogP contribution in [0.25, 0.3) is 5.20 Å². The Balaban J connectivity index is 0.00000156. The normalized spacial score (nSPS) is 24.1. The van der Waals surface area contributed by atoms with Crippen LogP contribution in [-0.4, -0.2) is 32.4 Å². The standard InChI is InChI=1S/C18H28NOSi2.2ClH.Zr/c1-18(2,3)19-14-9-7-8-13-12-15-17(16(13)14)22(15,6)21(4,5)11-10-20;;;/h7-9,12,19-20H,10-11H2,1-6H3;2*1H;/q;;;+2/p-2. The predicted octanol–water partition coefficient (Wildman–Crippen LogP) is -1.79. The number of fused-ring (bicyclic) bond motifs is 2. The van der Waals surface area contributed by atoms with Gasteiger partial charge < -0.3 is 24.8 Å². The summed E-state index contributed by atoms with van der Waals surface area (Å²) < 4.78 is 0.677. The van der Waals surface area contributed by atoms with Crippen molar-refractivity contribution in [2.45, 2.75) is 55.6 Å². The number of benzene rings is 1. The van der Waals surface area contributed by atoms with Gasteiger partial charge in [0, 0.05) is 0 Å². The van der Waals surface area contributed by atoms with Crippen LogP contribution in [0.15, 0.2) is 23.4 Å². The van der Waals surface area contributed by atoms with Crippen LogP contribution in [0.3, 0.4) is 0 Å².